The molecule has 33 heavy (non-hydrogen) atoms. The van der Waals surface area contributed by atoms with E-state index in [2.05, 4.69) is 73.3 Å². The molecule has 3 atom stereocenters. The number of halogens is 2. The number of nitriles is 1. The van der Waals surface area contributed by atoms with E-state index in [-0.39, 0.29) is 16.7 Å². The van der Waals surface area contributed by atoms with Crippen LogP contribution in [0.3, 0.4) is 0 Å². The number of likely N-dealkylation sites (N-methyl/N-ethyl adjacent to an activating group) is 1. The Morgan fingerprint density at radius 3 is 2.06 bits per heavy atom. The molecule has 3 unspecified atom stereocenters. The van der Waals surface area contributed by atoms with Gasteiger partial charge in [0.15, 0.2) is 0 Å². The molecule has 0 aliphatic heterocycles. The van der Waals surface area contributed by atoms with Crippen LogP contribution in [0, 0.1) is 11.3 Å². The third-order valence-corrected chi connectivity index (χ3v) is 7.77. The third kappa shape index (κ3) is 8.97. The number of alkyl halides is 2. The fraction of sp³-hybridized carbons (Fsp3) is 0.552. The second-order valence-corrected chi connectivity index (χ2v) is 10.0. The van der Waals surface area contributed by atoms with Crippen molar-refractivity contribution in [2.75, 3.05) is 13.1 Å². The fourth-order valence-corrected chi connectivity index (χ4v) is 5.94. The first kappa shape index (κ1) is 27.7. The van der Waals surface area contributed by atoms with Gasteiger partial charge in [-0.2, -0.15) is 5.26 Å². The summed E-state index contributed by atoms with van der Waals surface area (Å²) in [6.45, 7) is 8.29. The topological polar surface area (TPSA) is 27.0 Å². The summed E-state index contributed by atoms with van der Waals surface area (Å²) in [5.74, 6) is 0.285. The molecule has 1 fully saturated rings. The van der Waals surface area contributed by atoms with Gasteiger partial charge in [0.05, 0.1) is 6.07 Å². The van der Waals surface area contributed by atoms with Gasteiger partial charge in [-0.25, -0.2) is 0 Å². The van der Waals surface area contributed by atoms with Gasteiger partial charge in [-0.05, 0) is 61.8 Å². The number of hydrogen-bond donors (Lipinski definition) is 0. The molecule has 0 bridgehead atoms. The van der Waals surface area contributed by atoms with Crippen LogP contribution in [0.15, 0.2) is 54.6 Å². The maximum Gasteiger partial charge on any atom is 0.0587 e. The molecular weight excluding hydrogens is 447 g/mol. The summed E-state index contributed by atoms with van der Waals surface area (Å²) in [5, 5.41) is 7.65. The summed E-state index contributed by atoms with van der Waals surface area (Å²) in [6.07, 6.45) is 7.95. The van der Waals surface area contributed by atoms with Crippen molar-refractivity contribution in [2.24, 2.45) is 0 Å². The minimum Gasteiger partial charge on any atom is -0.300 e. The highest BCUT2D eigenvalue weighted by Gasteiger charge is 2.32. The smallest absolute Gasteiger partial charge is 0.0587 e. The lowest BCUT2D eigenvalue weighted by Crippen LogP contribution is -2.36. The zero-order valence-corrected chi connectivity index (χ0v) is 22.0. The normalized spacial score (nSPS) is 21.1. The molecule has 0 saturated heterocycles. The van der Waals surface area contributed by atoms with Crippen molar-refractivity contribution in [1.29, 1.82) is 5.26 Å². The summed E-state index contributed by atoms with van der Waals surface area (Å²) in [6, 6.07) is 22.4. The van der Waals surface area contributed by atoms with Gasteiger partial charge >= 0.3 is 0 Å². The molecule has 4 heteroatoms. The predicted molar refractivity (Wildman–Crippen MR) is 143 cm³/mol. The van der Waals surface area contributed by atoms with Gasteiger partial charge in [-0.15, -0.1) is 23.2 Å². The highest BCUT2D eigenvalue weighted by Crippen LogP contribution is 2.39. The van der Waals surface area contributed by atoms with Crippen LogP contribution < -0.4 is 0 Å². The zero-order valence-electron chi connectivity index (χ0n) is 20.5. The van der Waals surface area contributed by atoms with Crippen LogP contribution in [-0.2, 0) is 12.8 Å². The van der Waals surface area contributed by atoms with Crippen LogP contribution in [0.1, 0.15) is 75.5 Å². The van der Waals surface area contributed by atoms with E-state index in [4.69, 9.17) is 28.5 Å². The lowest BCUT2D eigenvalue weighted by atomic mass is 9.83. The third-order valence-electron chi connectivity index (χ3n) is 6.79. The van der Waals surface area contributed by atoms with Gasteiger partial charge in [0.25, 0.3) is 0 Å². The lowest BCUT2D eigenvalue weighted by molar-refractivity contribution is 0.193. The predicted octanol–water partition coefficient (Wildman–Crippen LogP) is 7.97. The molecule has 0 N–H and O–H groups in total. The van der Waals surface area contributed by atoms with Crippen molar-refractivity contribution in [3.63, 3.8) is 0 Å². The van der Waals surface area contributed by atoms with Gasteiger partial charge in [-0.3, -0.25) is 0 Å². The molecule has 2 aromatic rings. The van der Waals surface area contributed by atoms with Crippen molar-refractivity contribution in [2.45, 2.75) is 88.4 Å². The number of hydrogen-bond acceptors (Lipinski definition) is 2. The summed E-state index contributed by atoms with van der Waals surface area (Å²) < 4.78 is 0. The minimum absolute atomic E-state index is 0.166. The number of aryl methyl sites for hydroxylation is 1. The van der Waals surface area contributed by atoms with E-state index < -0.39 is 0 Å². The largest absolute Gasteiger partial charge is 0.300 e. The average Bonchev–Trinajstić information content (AvgIpc) is 2.83. The van der Waals surface area contributed by atoms with E-state index in [0.29, 0.717) is 6.04 Å². The highest BCUT2D eigenvalue weighted by molar-refractivity contribution is 6.24. The molecule has 180 valence electrons. The summed E-state index contributed by atoms with van der Waals surface area (Å²) >= 11 is 13.2. The van der Waals surface area contributed by atoms with E-state index in [0.717, 1.165) is 45.2 Å². The van der Waals surface area contributed by atoms with E-state index in [1.165, 1.54) is 36.5 Å². The molecule has 1 aliphatic carbocycles. The minimum atomic E-state index is 0.166. The van der Waals surface area contributed by atoms with Gasteiger partial charge in [0.1, 0.15) is 0 Å². The van der Waals surface area contributed by atoms with Crippen molar-refractivity contribution in [3.05, 3.63) is 71.3 Å². The quantitative estimate of drug-likeness (QED) is 0.318. The lowest BCUT2D eigenvalue weighted by Gasteiger charge is -2.32. The molecule has 0 spiro atoms. The standard InChI is InChI=1S/C27H37Cl2N.C2H3N/c1-3-24(30(4-2)20-19-21-9-6-5-7-10-21)18-15-22-13-16-23(17-14-22)27-25(28)11-8-12-26(27)29;1-2-3/h5-7,9-10,13-14,16-17,24-27H,3-4,8,11-12,15,18-20H2,1-2H3;1H3. The first-order chi connectivity index (χ1) is 16.0. The van der Waals surface area contributed by atoms with Crippen LogP contribution in [-0.4, -0.2) is 34.8 Å². The molecule has 0 heterocycles. The average molecular weight is 488 g/mol. The monoisotopic (exact) mass is 486 g/mol. The molecule has 1 aliphatic rings. The van der Waals surface area contributed by atoms with Crippen molar-refractivity contribution >= 4 is 23.2 Å². The fourth-order valence-electron chi connectivity index (χ4n) is 4.91. The molecule has 1 saturated carbocycles. The maximum atomic E-state index is 7.32. The van der Waals surface area contributed by atoms with Crippen molar-refractivity contribution in [3.8, 4) is 6.07 Å². The first-order valence-electron chi connectivity index (χ1n) is 12.5. The summed E-state index contributed by atoms with van der Waals surface area (Å²) in [5.41, 5.74) is 4.16. The van der Waals surface area contributed by atoms with Crippen molar-refractivity contribution < 1.29 is 0 Å². The molecule has 2 nitrogen and oxygen atoms in total. The molecular formula is C29H40Cl2N2. The Morgan fingerprint density at radius 1 is 0.939 bits per heavy atom. The van der Waals surface area contributed by atoms with E-state index in [1.54, 1.807) is 6.07 Å². The molecule has 0 radical (unpaired) electrons. The van der Waals surface area contributed by atoms with Crippen LogP contribution in [0.2, 0.25) is 0 Å². The van der Waals surface area contributed by atoms with Crippen molar-refractivity contribution in [1.82, 2.24) is 4.90 Å². The number of benzene rings is 2. The highest BCUT2D eigenvalue weighted by atomic mass is 35.5. The molecule has 2 aromatic carbocycles. The second-order valence-electron chi connectivity index (χ2n) is 8.92. The molecule has 0 aromatic heterocycles. The van der Waals surface area contributed by atoms with Gasteiger partial charge in [0, 0.05) is 36.2 Å². The number of nitrogens with zero attached hydrogens (tertiary/aromatic N) is 2. The van der Waals surface area contributed by atoms with Crippen LogP contribution in [0.5, 0.6) is 0 Å². The zero-order chi connectivity index (χ0) is 24.1. The van der Waals surface area contributed by atoms with Gasteiger partial charge in [0.2, 0.25) is 0 Å². The summed E-state index contributed by atoms with van der Waals surface area (Å²) in [7, 11) is 0. The Labute approximate surface area is 211 Å². The Kier molecular flexibility index (Phi) is 12.9. The SMILES string of the molecule is CC#N.CCC(CCc1ccc(C2C(Cl)CCCC2Cl)cc1)N(CC)CCc1ccccc1. The second kappa shape index (κ2) is 15.4. The molecule has 3 rings (SSSR count). The summed E-state index contributed by atoms with van der Waals surface area (Å²) in [4.78, 5) is 2.65. The Bertz CT molecular complexity index is 806. The van der Waals surface area contributed by atoms with Crippen LogP contribution in [0.4, 0.5) is 0 Å². The Balaban J connectivity index is 0.00000122. The Hall–Kier alpha value is -1.53. The first-order valence-corrected chi connectivity index (χ1v) is 13.4. The van der Waals surface area contributed by atoms with E-state index >= 15 is 0 Å². The van der Waals surface area contributed by atoms with Gasteiger partial charge < -0.3 is 4.90 Å². The van der Waals surface area contributed by atoms with Crippen LogP contribution >= 0.6 is 23.2 Å². The van der Waals surface area contributed by atoms with E-state index in [9.17, 15) is 0 Å². The number of rotatable bonds is 10. The van der Waals surface area contributed by atoms with E-state index in [1.807, 2.05) is 0 Å². The van der Waals surface area contributed by atoms with Gasteiger partial charge in [-0.1, -0.05) is 74.9 Å². The molecule has 0 amide bonds. The Morgan fingerprint density at radius 2 is 1.52 bits per heavy atom. The van der Waals surface area contributed by atoms with Crippen LogP contribution in [0.25, 0.3) is 0 Å². The maximum absolute atomic E-state index is 7.32.